The smallest absolute Gasteiger partial charge is 0.114 e. The molecule has 0 fully saturated rings. The van der Waals surface area contributed by atoms with E-state index in [9.17, 15) is 5.26 Å². The standard InChI is InChI=1S/C27H22N4S/c1-18(22-6-4-3-5-7-22)31-26-14-21(16-28)10-13-24(26)30-27(31)15-20-8-11-23(12-9-20)25-17-32-19(2)29-25/h3-14,17-18H,15H2,1-2H3/t18-/m0/s1. The first-order valence-electron chi connectivity index (χ1n) is 10.6. The van der Waals surface area contributed by atoms with Gasteiger partial charge in [-0.1, -0.05) is 54.6 Å². The Labute approximate surface area is 191 Å². The SMILES string of the molecule is Cc1nc(-c2ccc(Cc3nc4ccc(C#N)cc4n3[C@@H](C)c3ccccc3)cc2)cs1. The number of nitriles is 1. The van der Waals surface area contributed by atoms with Crippen molar-refractivity contribution >= 4 is 22.4 Å². The van der Waals surface area contributed by atoms with E-state index in [1.54, 1.807) is 11.3 Å². The summed E-state index contributed by atoms with van der Waals surface area (Å²) in [7, 11) is 0. The molecule has 2 heterocycles. The van der Waals surface area contributed by atoms with E-state index in [0.717, 1.165) is 33.1 Å². The van der Waals surface area contributed by atoms with Crippen LogP contribution in [0.5, 0.6) is 0 Å². The Hall–Kier alpha value is -3.75. The zero-order valence-electron chi connectivity index (χ0n) is 18.0. The normalized spacial score (nSPS) is 12.0. The Bertz CT molecular complexity index is 1420. The van der Waals surface area contributed by atoms with Crippen molar-refractivity contribution in [3.8, 4) is 17.3 Å². The van der Waals surface area contributed by atoms with Crippen LogP contribution in [0, 0.1) is 18.3 Å². The van der Waals surface area contributed by atoms with Crippen molar-refractivity contribution in [1.29, 1.82) is 5.26 Å². The molecule has 156 valence electrons. The summed E-state index contributed by atoms with van der Waals surface area (Å²) in [6.45, 7) is 4.21. The molecule has 0 bridgehead atoms. The predicted octanol–water partition coefficient (Wildman–Crippen LogP) is 6.54. The number of nitrogens with zero attached hydrogens (tertiary/aromatic N) is 4. The molecule has 32 heavy (non-hydrogen) atoms. The van der Waals surface area contributed by atoms with Crippen LogP contribution in [0.4, 0.5) is 0 Å². The van der Waals surface area contributed by atoms with Crippen LogP contribution in [0.15, 0.2) is 78.2 Å². The number of benzene rings is 3. The van der Waals surface area contributed by atoms with Gasteiger partial charge >= 0.3 is 0 Å². The Morgan fingerprint density at radius 3 is 2.47 bits per heavy atom. The average molecular weight is 435 g/mol. The molecule has 0 aliphatic rings. The maximum absolute atomic E-state index is 9.42. The van der Waals surface area contributed by atoms with E-state index in [1.807, 2.05) is 31.2 Å². The first-order valence-corrected chi connectivity index (χ1v) is 11.5. The molecule has 0 spiro atoms. The van der Waals surface area contributed by atoms with Gasteiger partial charge in [-0.15, -0.1) is 11.3 Å². The van der Waals surface area contributed by atoms with E-state index in [-0.39, 0.29) is 6.04 Å². The summed E-state index contributed by atoms with van der Waals surface area (Å²) >= 11 is 1.67. The molecular weight excluding hydrogens is 412 g/mol. The number of rotatable bonds is 5. The van der Waals surface area contributed by atoms with Crippen LogP contribution < -0.4 is 0 Å². The third-order valence-corrected chi connectivity index (χ3v) is 6.57. The maximum Gasteiger partial charge on any atom is 0.114 e. The van der Waals surface area contributed by atoms with E-state index >= 15 is 0 Å². The van der Waals surface area contributed by atoms with Gasteiger partial charge < -0.3 is 4.57 Å². The van der Waals surface area contributed by atoms with E-state index in [2.05, 4.69) is 76.5 Å². The van der Waals surface area contributed by atoms with Gasteiger partial charge in [-0.05, 0) is 43.2 Å². The summed E-state index contributed by atoms with van der Waals surface area (Å²) < 4.78 is 2.27. The van der Waals surface area contributed by atoms with Gasteiger partial charge in [0.1, 0.15) is 5.82 Å². The molecule has 0 aliphatic carbocycles. The number of aryl methyl sites for hydroxylation is 1. The van der Waals surface area contributed by atoms with E-state index in [0.29, 0.717) is 12.0 Å². The van der Waals surface area contributed by atoms with Gasteiger partial charge in [-0.2, -0.15) is 5.26 Å². The molecule has 0 saturated heterocycles. The summed E-state index contributed by atoms with van der Waals surface area (Å²) in [6.07, 6.45) is 0.712. The van der Waals surface area contributed by atoms with Gasteiger partial charge in [0.2, 0.25) is 0 Å². The van der Waals surface area contributed by atoms with Crippen molar-refractivity contribution in [2.24, 2.45) is 0 Å². The Morgan fingerprint density at radius 2 is 1.78 bits per heavy atom. The van der Waals surface area contributed by atoms with E-state index in [1.165, 1.54) is 11.1 Å². The van der Waals surface area contributed by atoms with Crippen LogP contribution in [-0.4, -0.2) is 14.5 Å². The van der Waals surface area contributed by atoms with Crippen LogP contribution in [0.25, 0.3) is 22.3 Å². The molecule has 0 radical (unpaired) electrons. The molecule has 5 aromatic rings. The largest absolute Gasteiger partial charge is 0.320 e. The third-order valence-electron chi connectivity index (χ3n) is 5.79. The van der Waals surface area contributed by atoms with Crippen molar-refractivity contribution in [3.63, 3.8) is 0 Å². The summed E-state index contributed by atoms with van der Waals surface area (Å²) in [5.74, 6) is 0.990. The zero-order chi connectivity index (χ0) is 22.1. The molecule has 0 amide bonds. The number of hydrogen-bond acceptors (Lipinski definition) is 4. The van der Waals surface area contributed by atoms with Crippen LogP contribution in [0.3, 0.4) is 0 Å². The van der Waals surface area contributed by atoms with E-state index in [4.69, 9.17) is 4.98 Å². The first kappa shape index (κ1) is 20.2. The summed E-state index contributed by atoms with van der Waals surface area (Å²) in [6, 6.07) is 27.1. The Morgan fingerprint density at radius 1 is 1.00 bits per heavy atom. The highest BCUT2D eigenvalue weighted by atomic mass is 32.1. The van der Waals surface area contributed by atoms with Gasteiger partial charge in [0.05, 0.1) is 39.4 Å². The molecule has 4 nitrogen and oxygen atoms in total. The van der Waals surface area contributed by atoms with Crippen molar-refractivity contribution < 1.29 is 0 Å². The molecule has 2 aromatic heterocycles. The summed E-state index contributed by atoms with van der Waals surface area (Å²) in [5, 5.41) is 12.6. The lowest BCUT2D eigenvalue weighted by Crippen LogP contribution is -2.11. The van der Waals surface area contributed by atoms with Crippen LogP contribution >= 0.6 is 11.3 Å². The number of imidazole rings is 1. The molecule has 5 heteroatoms. The lowest BCUT2D eigenvalue weighted by molar-refractivity contribution is 0.627. The average Bonchev–Trinajstić information content (AvgIpc) is 3.42. The zero-order valence-corrected chi connectivity index (χ0v) is 18.8. The lowest BCUT2D eigenvalue weighted by atomic mass is 10.1. The fraction of sp³-hybridized carbons (Fsp3) is 0.148. The van der Waals surface area contributed by atoms with Gasteiger partial charge in [0.25, 0.3) is 0 Å². The van der Waals surface area contributed by atoms with Gasteiger partial charge in [0.15, 0.2) is 0 Å². The topological polar surface area (TPSA) is 54.5 Å². The molecule has 0 unspecified atom stereocenters. The van der Waals surface area contributed by atoms with Crippen molar-refractivity contribution in [2.45, 2.75) is 26.3 Å². The summed E-state index contributed by atoms with van der Waals surface area (Å²) in [5.41, 5.74) is 7.10. The maximum atomic E-state index is 9.42. The molecule has 1 atom stereocenters. The minimum absolute atomic E-state index is 0.0994. The minimum atomic E-state index is 0.0994. The second-order valence-electron chi connectivity index (χ2n) is 7.93. The van der Waals surface area contributed by atoms with Crippen LogP contribution in [0.1, 0.15) is 40.5 Å². The molecule has 0 aliphatic heterocycles. The number of aromatic nitrogens is 3. The fourth-order valence-corrected chi connectivity index (χ4v) is 4.74. The molecular formula is C27H22N4S. The third kappa shape index (κ3) is 3.81. The second-order valence-corrected chi connectivity index (χ2v) is 8.99. The molecule has 0 N–H and O–H groups in total. The number of thiazole rings is 1. The number of hydrogen-bond donors (Lipinski definition) is 0. The highest BCUT2D eigenvalue weighted by Gasteiger charge is 2.18. The van der Waals surface area contributed by atoms with Crippen molar-refractivity contribution in [2.75, 3.05) is 0 Å². The van der Waals surface area contributed by atoms with Crippen LogP contribution in [0.2, 0.25) is 0 Å². The van der Waals surface area contributed by atoms with Crippen LogP contribution in [-0.2, 0) is 6.42 Å². The molecule has 0 saturated carbocycles. The first-order chi connectivity index (χ1) is 15.6. The lowest BCUT2D eigenvalue weighted by Gasteiger charge is -2.18. The quantitative estimate of drug-likeness (QED) is 0.316. The number of fused-ring (bicyclic) bond motifs is 1. The second kappa shape index (κ2) is 8.41. The highest BCUT2D eigenvalue weighted by Crippen LogP contribution is 2.29. The minimum Gasteiger partial charge on any atom is -0.320 e. The van der Waals surface area contributed by atoms with E-state index < -0.39 is 0 Å². The highest BCUT2D eigenvalue weighted by molar-refractivity contribution is 7.09. The molecule has 5 rings (SSSR count). The van der Waals surface area contributed by atoms with Crippen molar-refractivity contribution in [3.05, 3.63) is 106 Å². The molecule has 3 aromatic carbocycles. The monoisotopic (exact) mass is 434 g/mol. The van der Waals surface area contributed by atoms with Gasteiger partial charge in [0, 0.05) is 17.4 Å². The predicted molar refractivity (Wildman–Crippen MR) is 130 cm³/mol. The van der Waals surface area contributed by atoms with Gasteiger partial charge in [-0.25, -0.2) is 9.97 Å². The van der Waals surface area contributed by atoms with Gasteiger partial charge in [-0.3, -0.25) is 0 Å². The Kier molecular flexibility index (Phi) is 5.30. The summed E-state index contributed by atoms with van der Waals surface area (Å²) in [4.78, 5) is 9.54. The van der Waals surface area contributed by atoms with Crippen molar-refractivity contribution in [1.82, 2.24) is 14.5 Å². The fourth-order valence-electron chi connectivity index (χ4n) is 4.12. The Balaban J connectivity index is 1.55.